The number of aliphatic hydroxyl groups excluding tert-OH is 2. The molecule has 0 saturated carbocycles. The van der Waals surface area contributed by atoms with Gasteiger partial charge in [-0.1, -0.05) is 58.0 Å². The number of anilines is 2. The summed E-state index contributed by atoms with van der Waals surface area (Å²) in [6.07, 6.45) is -8.29. The highest BCUT2D eigenvalue weighted by molar-refractivity contribution is 5.97. The second-order valence-corrected chi connectivity index (χ2v) is 16.8. The number of nitrogens with zero attached hydrogens (tertiary/aromatic N) is 2. The maximum atomic E-state index is 13.6. The second kappa shape index (κ2) is 21.2. The summed E-state index contributed by atoms with van der Waals surface area (Å²) < 4.78 is 106. The Morgan fingerprint density at radius 1 is 0.507 bits per heavy atom. The number of hydrogen-bond donors (Lipinski definition) is 8. The summed E-state index contributed by atoms with van der Waals surface area (Å²) in [5, 5.41) is 43.2. The molecule has 6 rings (SSSR count). The first-order valence-corrected chi connectivity index (χ1v) is 20.7. The molecule has 4 unspecified atom stereocenters. The molecule has 0 fully saturated rings. The maximum absolute atomic E-state index is 13.6. The molecule has 0 bridgehead atoms. The predicted octanol–water partition coefficient (Wildman–Crippen LogP) is 7.54. The van der Waals surface area contributed by atoms with Crippen molar-refractivity contribution in [2.24, 2.45) is 0 Å². The highest BCUT2D eigenvalue weighted by atomic mass is 19.4. The number of hydrogen-bond acceptors (Lipinski definition) is 8. The van der Waals surface area contributed by atoms with Gasteiger partial charge in [0.1, 0.15) is 52.8 Å². The fraction of sp³-hybridized carbons (Fsp3) is 0.277. The van der Waals surface area contributed by atoms with Crippen LogP contribution in [-0.2, 0) is 36.2 Å². The Morgan fingerprint density at radius 2 is 0.870 bits per heavy atom. The molecule has 0 saturated heterocycles. The van der Waals surface area contributed by atoms with Gasteiger partial charge in [-0.25, -0.2) is 22.0 Å². The first kappa shape index (κ1) is 52.5. The summed E-state index contributed by atoms with van der Waals surface area (Å²) in [4.78, 5) is 49.4. The number of aliphatic hydroxyl groups is 2. The van der Waals surface area contributed by atoms with Crippen LogP contribution < -0.4 is 21.3 Å². The molecule has 2 aromatic heterocycles. The van der Waals surface area contributed by atoms with Crippen LogP contribution in [0.3, 0.4) is 0 Å². The Bertz CT molecular complexity index is 2790. The van der Waals surface area contributed by atoms with Gasteiger partial charge < -0.3 is 31.5 Å². The van der Waals surface area contributed by atoms with Crippen molar-refractivity contribution in [3.05, 3.63) is 165 Å². The molecule has 4 atom stereocenters. The number of carbonyl (C=O) groups excluding carboxylic acids is 4. The molecule has 0 aliphatic carbocycles. The first-order chi connectivity index (χ1) is 32.1. The zero-order chi connectivity index (χ0) is 51.2. The monoisotopic (exact) mass is 970 g/mol. The Labute approximate surface area is 388 Å². The van der Waals surface area contributed by atoms with Gasteiger partial charge in [-0.3, -0.25) is 29.4 Å². The standard InChI is InChI=1S/C24H23F5N4O3.C23H23F3N4O3/c1-12(30-22(36)20(34)13-7-16(25)10-17(26)8-13)21(35)31-19-11-18(32-33-19)23(2,3)14-5-4-6-15(9-14)24(27,28)29;1-12(27-22(33)20(31)13-7-16(25)10-17(26)8-13)21(32)28-19-11-18(29-30-19)23(2,3)14-5-4-6-15(24)9-14/h4-12,20,34H,1-3H3,(H,30,36)(H2,31,32,33,35);4-12,20,31H,1-3H3,(H,27,33)(H2,28,29,30,32). The summed E-state index contributed by atoms with van der Waals surface area (Å²) in [5.41, 5.74) is -1.09. The Morgan fingerprint density at radius 3 is 1.25 bits per heavy atom. The van der Waals surface area contributed by atoms with Crippen molar-refractivity contribution in [3.63, 3.8) is 0 Å². The van der Waals surface area contributed by atoms with Crippen LogP contribution in [0.25, 0.3) is 0 Å². The van der Waals surface area contributed by atoms with Crippen molar-refractivity contribution in [1.29, 1.82) is 0 Å². The van der Waals surface area contributed by atoms with Crippen LogP contribution in [-0.4, -0.2) is 66.3 Å². The summed E-state index contributed by atoms with van der Waals surface area (Å²) in [6.45, 7) is 9.73. The minimum atomic E-state index is -4.51. The molecule has 22 heteroatoms. The molecule has 8 N–H and O–H groups in total. The fourth-order valence-electron chi connectivity index (χ4n) is 6.64. The number of carbonyl (C=O) groups is 4. The van der Waals surface area contributed by atoms with Crippen molar-refractivity contribution < 1.29 is 64.5 Å². The van der Waals surface area contributed by atoms with E-state index in [1.807, 2.05) is 13.8 Å². The van der Waals surface area contributed by atoms with E-state index in [2.05, 4.69) is 41.7 Å². The number of halogens is 8. The zero-order valence-electron chi connectivity index (χ0n) is 37.5. The van der Waals surface area contributed by atoms with Crippen LogP contribution in [0.15, 0.2) is 97.1 Å². The molecule has 69 heavy (non-hydrogen) atoms. The molecular weight excluding hydrogens is 925 g/mol. The molecule has 0 aliphatic rings. The number of alkyl halides is 3. The van der Waals surface area contributed by atoms with Crippen molar-refractivity contribution in [2.75, 3.05) is 10.6 Å². The lowest BCUT2D eigenvalue weighted by Crippen LogP contribution is -2.43. The summed E-state index contributed by atoms with van der Waals surface area (Å²) in [7, 11) is 0. The molecule has 0 radical (unpaired) electrons. The average Bonchev–Trinajstić information content (AvgIpc) is 3.96. The SMILES string of the molecule is CC(NC(=O)C(O)c1cc(F)cc(F)c1)C(=O)Nc1cc(C(C)(C)c2cccc(C(F)(F)F)c2)n[nH]1.CC(NC(=O)C(O)c1cc(F)cc(F)c1)C(=O)Nc1cc(C(C)(C)c2cccc(F)c2)n[nH]1. The first-order valence-electron chi connectivity index (χ1n) is 20.7. The van der Waals surface area contributed by atoms with Gasteiger partial charge in [0.15, 0.2) is 12.2 Å². The van der Waals surface area contributed by atoms with Crippen molar-refractivity contribution in [3.8, 4) is 0 Å². The largest absolute Gasteiger partial charge is 0.416 e. The fourth-order valence-corrected chi connectivity index (χ4v) is 6.64. The minimum Gasteiger partial charge on any atom is -0.378 e. The Hall–Kier alpha value is -7.46. The molecule has 4 amide bonds. The number of benzene rings is 4. The molecule has 14 nitrogen and oxygen atoms in total. The van der Waals surface area contributed by atoms with E-state index >= 15 is 0 Å². The van der Waals surface area contributed by atoms with Crippen LogP contribution >= 0.6 is 0 Å². The quantitative estimate of drug-likeness (QED) is 0.0510. The molecule has 366 valence electrons. The number of aromatic nitrogens is 4. The number of rotatable bonds is 14. The normalized spacial score (nSPS) is 13.5. The molecule has 0 aliphatic heterocycles. The molecular formula is C47H46F8N8O6. The number of H-pyrrole nitrogens is 2. The van der Waals surface area contributed by atoms with Gasteiger partial charge in [-0.2, -0.15) is 23.4 Å². The number of aromatic amines is 2. The van der Waals surface area contributed by atoms with Gasteiger partial charge in [-0.05, 0) is 78.6 Å². The number of amides is 4. The minimum absolute atomic E-state index is 0.115. The van der Waals surface area contributed by atoms with Crippen LogP contribution in [0.5, 0.6) is 0 Å². The Balaban J connectivity index is 0.000000258. The van der Waals surface area contributed by atoms with E-state index in [1.54, 1.807) is 32.0 Å². The van der Waals surface area contributed by atoms with E-state index in [0.717, 1.165) is 36.4 Å². The summed E-state index contributed by atoms with van der Waals surface area (Å²) in [5.74, 6) is -7.27. The van der Waals surface area contributed by atoms with E-state index in [1.165, 1.54) is 44.2 Å². The molecule has 0 spiro atoms. The maximum Gasteiger partial charge on any atom is 0.416 e. The summed E-state index contributed by atoms with van der Waals surface area (Å²) in [6, 6.07) is 16.1. The Kier molecular flexibility index (Phi) is 16.2. The van der Waals surface area contributed by atoms with Crippen LogP contribution in [0, 0.1) is 29.1 Å². The van der Waals surface area contributed by atoms with Crippen molar-refractivity contribution >= 4 is 35.3 Å². The van der Waals surface area contributed by atoms with E-state index in [0.29, 0.717) is 34.6 Å². The smallest absolute Gasteiger partial charge is 0.378 e. The third-order valence-corrected chi connectivity index (χ3v) is 10.8. The highest BCUT2D eigenvalue weighted by Crippen LogP contribution is 2.36. The van der Waals surface area contributed by atoms with Crippen LogP contribution in [0.1, 0.15) is 93.0 Å². The zero-order valence-corrected chi connectivity index (χ0v) is 37.5. The van der Waals surface area contributed by atoms with Gasteiger partial charge in [0.2, 0.25) is 11.8 Å². The van der Waals surface area contributed by atoms with Gasteiger partial charge in [0, 0.05) is 35.1 Å². The lowest BCUT2D eigenvalue weighted by Gasteiger charge is -2.24. The van der Waals surface area contributed by atoms with Crippen molar-refractivity contribution in [1.82, 2.24) is 31.0 Å². The van der Waals surface area contributed by atoms with E-state index in [9.17, 15) is 64.5 Å². The van der Waals surface area contributed by atoms with E-state index < -0.39 is 93.8 Å². The topological polar surface area (TPSA) is 214 Å². The van der Waals surface area contributed by atoms with Gasteiger partial charge in [-0.15, -0.1) is 0 Å². The molecule has 4 aromatic carbocycles. The predicted molar refractivity (Wildman–Crippen MR) is 234 cm³/mol. The van der Waals surface area contributed by atoms with Crippen molar-refractivity contribution in [2.45, 2.75) is 82.8 Å². The van der Waals surface area contributed by atoms with Gasteiger partial charge >= 0.3 is 6.18 Å². The third kappa shape index (κ3) is 13.4. The van der Waals surface area contributed by atoms with E-state index in [4.69, 9.17) is 0 Å². The lowest BCUT2D eigenvalue weighted by molar-refractivity contribution is -0.137. The summed E-state index contributed by atoms with van der Waals surface area (Å²) >= 11 is 0. The van der Waals surface area contributed by atoms with E-state index in [-0.39, 0.29) is 28.6 Å². The van der Waals surface area contributed by atoms with Gasteiger partial charge in [0.05, 0.1) is 17.0 Å². The highest BCUT2D eigenvalue weighted by Gasteiger charge is 2.34. The third-order valence-electron chi connectivity index (χ3n) is 10.8. The van der Waals surface area contributed by atoms with Crippen LogP contribution in [0.2, 0.25) is 0 Å². The molecule has 6 aromatic rings. The number of nitrogens with one attached hydrogen (secondary N) is 6. The van der Waals surface area contributed by atoms with Crippen LogP contribution in [0.4, 0.5) is 46.8 Å². The lowest BCUT2D eigenvalue weighted by atomic mass is 9.81. The average molecular weight is 971 g/mol. The second-order valence-electron chi connectivity index (χ2n) is 16.8. The van der Waals surface area contributed by atoms with Gasteiger partial charge in [0.25, 0.3) is 11.8 Å². The molecule has 2 heterocycles.